The summed E-state index contributed by atoms with van der Waals surface area (Å²) in [7, 11) is 0. The molecule has 0 amide bonds. The number of nitrogens with two attached hydrogens (primary N) is 1. The summed E-state index contributed by atoms with van der Waals surface area (Å²) in [5.41, 5.74) is 8.95. The molecule has 18 heavy (non-hydrogen) atoms. The highest BCUT2D eigenvalue weighted by Gasteiger charge is 2.05. The summed E-state index contributed by atoms with van der Waals surface area (Å²) >= 11 is 5.94. The van der Waals surface area contributed by atoms with Crippen LogP contribution in [0.2, 0.25) is 5.02 Å². The number of hydrogen-bond donors (Lipinski definition) is 1. The Kier molecular flexibility index (Phi) is 3.90. The Morgan fingerprint density at radius 3 is 2.33 bits per heavy atom. The Morgan fingerprint density at radius 2 is 1.72 bits per heavy atom. The average Bonchev–Trinajstić information content (AvgIpc) is 2.30. The molecule has 0 unspecified atom stereocenters. The second kappa shape index (κ2) is 5.42. The Bertz CT molecular complexity index is 546. The number of benzene rings is 2. The molecule has 0 aliphatic carbocycles. The summed E-state index contributed by atoms with van der Waals surface area (Å²) in [5.74, 6) is 1.58. The van der Waals surface area contributed by atoms with Gasteiger partial charge in [-0.05, 0) is 55.3 Å². The Labute approximate surface area is 112 Å². The molecule has 0 spiro atoms. The van der Waals surface area contributed by atoms with Crippen LogP contribution < -0.4 is 10.5 Å². The van der Waals surface area contributed by atoms with Gasteiger partial charge in [0.2, 0.25) is 0 Å². The fourth-order valence-electron chi connectivity index (χ4n) is 1.93. The smallest absolute Gasteiger partial charge is 0.132 e. The summed E-state index contributed by atoms with van der Waals surface area (Å²) in [6, 6.07) is 11.6. The van der Waals surface area contributed by atoms with Gasteiger partial charge in [-0.25, -0.2) is 0 Å². The van der Waals surface area contributed by atoms with Crippen molar-refractivity contribution in [3.8, 4) is 11.5 Å². The molecule has 2 nitrogen and oxygen atoms in total. The lowest BCUT2D eigenvalue weighted by atomic mass is 10.1. The maximum Gasteiger partial charge on any atom is 0.132 e. The minimum absolute atomic E-state index is 0.403. The van der Waals surface area contributed by atoms with Gasteiger partial charge < -0.3 is 10.5 Å². The van der Waals surface area contributed by atoms with E-state index in [2.05, 4.69) is 6.07 Å². The van der Waals surface area contributed by atoms with Gasteiger partial charge >= 0.3 is 0 Å². The molecule has 0 aromatic heterocycles. The van der Waals surface area contributed by atoms with Crippen molar-refractivity contribution in [2.75, 3.05) is 0 Å². The highest BCUT2D eigenvalue weighted by atomic mass is 35.5. The number of halogens is 1. The largest absolute Gasteiger partial charge is 0.457 e. The fraction of sp³-hybridized carbons (Fsp3) is 0.200. The topological polar surface area (TPSA) is 35.2 Å². The van der Waals surface area contributed by atoms with Gasteiger partial charge in [0.25, 0.3) is 0 Å². The van der Waals surface area contributed by atoms with Crippen LogP contribution in [-0.2, 0) is 6.54 Å². The van der Waals surface area contributed by atoms with Crippen molar-refractivity contribution in [2.24, 2.45) is 5.73 Å². The molecule has 2 N–H and O–H groups in total. The lowest BCUT2D eigenvalue weighted by Gasteiger charge is -2.11. The van der Waals surface area contributed by atoms with Crippen LogP contribution in [0.4, 0.5) is 0 Å². The molecule has 0 aliphatic rings. The minimum Gasteiger partial charge on any atom is -0.457 e. The van der Waals surface area contributed by atoms with Gasteiger partial charge in [0.15, 0.2) is 0 Å². The third kappa shape index (κ3) is 3.03. The number of hydrogen-bond acceptors (Lipinski definition) is 2. The Hall–Kier alpha value is -1.51. The molecule has 0 saturated heterocycles. The zero-order valence-corrected chi connectivity index (χ0v) is 11.3. The third-order valence-corrected chi connectivity index (χ3v) is 2.90. The van der Waals surface area contributed by atoms with Gasteiger partial charge in [-0.15, -0.1) is 0 Å². The van der Waals surface area contributed by atoms with E-state index in [0.29, 0.717) is 11.6 Å². The molecular formula is C15H16ClNO. The van der Waals surface area contributed by atoms with Crippen molar-refractivity contribution in [3.05, 3.63) is 58.1 Å². The van der Waals surface area contributed by atoms with E-state index in [-0.39, 0.29) is 0 Å². The van der Waals surface area contributed by atoms with E-state index in [0.717, 1.165) is 17.1 Å². The third-order valence-electron chi connectivity index (χ3n) is 2.67. The molecule has 0 aliphatic heterocycles. The van der Waals surface area contributed by atoms with Crippen LogP contribution in [-0.4, -0.2) is 0 Å². The average molecular weight is 262 g/mol. The number of aryl methyl sites for hydroxylation is 2. The van der Waals surface area contributed by atoms with Crippen molar-refractivity contribution in [2.45, 2.75) is 20.4 Å². The molecular weight excluding hydrogens is 246 g/mol. The second-order valence-electron chi connectivity index (χ2n) is 4.38. The van der Waals surface area contributed by atoms with Crippen LogP contribution in [0.15, 0.2) is 36.4 Å². The Morgan fingerprint density at radius 1 is 1.06 bits per heavy atom. The van der Waals surface area contributed by atoms with Gasteiger partial charge in [0, 0.05) is 17.1 Å². The van der Waals surface area contributed by atoms with Gasteiger partial charge in [0.05, 0.1) is 0 Å². The van der Waals surface area contributed by atoms with Gasteiger partial charge in [-0.3, -0.25) is 0 Å². The van der Waals surface area contributed by atoms with Crippen LogP contribution in [0.3, 0.4) is 0 Å². The van der Waals surface area contributed by atoms with E-state index in [9.17, 15) is 0 Å². The lowest BCUT2D eigenvalue weighted by molar-refractivity contribution is 0.475. The summed E-state index contributed by atoms with van der Waals surface area (Å²) in [4.78, 5) is 0. The van der Waals surface area contributed by atoms with E-state index < -0.39 is 0 Å². The van der Waals surface area contributed by atoms with Gasteiger partial charge in [-0.1, -0.05) is 17.7 Å². The molecule has 0 bridgehead atoms. The molecule has 0 atom stereocenters. The van der Waals surface area contributed by atoms with Crippen LogP contribution in [0.1, 0.15) is 16.7 Å². The van der Waals surface area contributed by atoms with Crippen LogP contribution >= 0.6 is 11.6 Å². The van der Waals surface area contributed by atoms with E-state index in [1.807, 2.05) is 38.1 Å². The van der Waals surface area contributed by atoms with Crippen molar-refractivity contribution in [1.82, 2.24) is 0 Å². The van der Waals surface area contributed by atoms with E-state index >= 15 is 0 Å². The van der Waals surface area contributed by atoms with E-state index in [1.165, 1.54) is 11.1 Å². The molecule has 94 valence electrons. The zero-order chi connectivity index (χ0) is 13.1. The van der Waals surface area contributed by atoms with Crippen LogP contribution in [0, 0.1) is 13.8 Å². The van der Waals surface area contributed by atoms with Crippen LogP contribution in [0.5, 0.6) is 11.5 Å². The molecule has 2 aromatic carbocycles. The first kappa shape index (κ1) is 12.9. The normalized spacial score (nSPS) is 10.4. The molecule has 0 heterocycles. The highest BCUT2D eigenvalue weighted by Crippen LogP contribution is 2.28. The fourth-order valence-corrected chi connectivity index (χ4v) is 2.12. The summed E-state index contributed by atoms with van der Waals surface area (Å²) < 4.78 is 5.88. The predicted octanol–water partition coefficient (Wildman–Crippen LogP) is 4.21. The van der Waals surface area contributed by atoms with E-state index in [4.69, 9.17) is 22.1 Å². The molecule has 0 radical (unpaired) electrons. The summed E-state index contributed by atoms with van der Waals surface area (Å²) in [6.45, 7) is 4.50. The molecule has 2 rings (SSSR count). The first-order chi connectivity index (χ1) is 8.58. The first-order valence-corrected chi connectivity index (χ1v) is 6.21. The second-order valence-corrected chi connectivity index (χ2v) is 4.82. The Balaban J connectivity index is 2.33. The highest BCUT2D eigenvalue weighted by molar-refractivity contribution is 6.30. The number of ether oxygens (including phenoxy) is 1. The SMILES string of the molecule is Cc1cc(C)cc(Oc2ccc(Cl)cc2CN)c1. The van der Waals surface area contributed by atoms with Gasteiger partial charge in [-0.2, -0.15) is 0 Å². The molecule has 2 aromatic rings. The standard InChI is InChI=1S/C15H16ClNO/c1-10-5-11(2)7-14(6-10)18-15-4-3-13(16)8-12(15)9-17/h3-8H,9,17H2,1-2H3. The quantitative estimate of drug-likeness (QED) is 0.898. The van der Waals surface area contributed by atoms with Crippen molar-refractivity contribution in [3.63, 3.8) is 0 Å². The summed E-state index contributed by atoms with van der Waals surface area (Å²) in [5, 5.41) is 0.670. The van der Waals surface area contributed by atoms with Crippen molar-refractivity contribution >= 4 is 11.6 Å². The zero-order valence-electron chi connectivity index (χ0n) is 10.5. The minimum atomic E-state index is 0.403. The van der Waals surface area contributed by atoms with Crippen LogP contribution in [0.25, 0.3) is 0 Å². The monoisotopic (exact) mass is 261 g/mol. The molecule has 3 heteroatoms. The molecule has 0 fully saturated rings. The predicted molar refractivity (Wildman–Crippen MR) is 75.3 cm³/mol. The molecule has 0 saturated carbocycles. The van der Waals surface area contributed by atoms with Crippen molar-refractivity contribution in [1.29, 1.82) is 0 Å². The van der Waals surface area contributed by atoms with Gasteiger partial charge in [0.1, 0.15) is 11.5 Å². The lowest BCUT2D eigenvalue weighted by Crippen LogP contribution is -1.99. The van der Waals surface area contributed by atoms with E-state index in [1.54, 1.807) is 6.07 Å². The maximum absolute atomic E-state index is 5.94. The first-order valence-electron chi connectivity index (χ1n) is 5.83. The number of rotatable bonds is 3. The maximum atomic E-state index is 5.94. The van der Waals surface area contributed by atoms with Crippen molar-refractivity contribution < 1.29 is 4.74 Å². The summed E-state index contributed by atoms with van der Waals surface area (Å²) in [6.07, 6.45) is 0.